The fraction of sp³-hybridized carbons (Fsp3) is 0.579. The van der Waals surface area contributed by atoms with Crippen LogP contribution in [0.3, 0.4) is 0 Å². The number of nitrogens with two attached hydrogens (primary N) is 1. The summed E-state index contributed by atoms with van der Waals surface area (Å²) in [5.41, 5.74) is 7.44. The molecule has 0 aromatic heterocycles. The van der Waals surface area contributed by atoms with Crippen molar-refractivity contribution in [2.24, 2.45) is 17.6 Å². The zero-order chi connectivity index (χ0) is 17.9. The minimum Gasteiger partial charge on any atom is -0.349 e. The number of carbonyl (C=O) groups excluding carboxylic acids is 2. The number of hydrogen-bond acceptors (Lipinski definition) is 3. The molecule has 0 aliphatic carbocycles. The monoisotopic (exact) mass is 331 g/mol. The number of para-hydroxylation sites is 1. The molecule has 5 nitrogen and oxygen atoms in total. The number of nitrogens with zero attached hydrogens (tertiary/aromatic N) is 1. The standard InChI is InChI=1S/C19H29N3O2/c1-5-14-8-6-7-9-16(14)22-11-15(10-17(22)23)18(24)21-19(4,12-20)13(2)3/h6-9,13,15H,5,10-12,20H2,1-4H3,(H,21,24). The largest absolute Gasteiger partial charge is 0.349 e. The number of carbonyl (C=O) groups is 2. The predicted octanol–water partition coefficient (Wildman–Crippen LogP) is 2.09. The van der Waals surface area contributed by atoms with Gasteiger partial charge in [0.2, 0.25) is 11.8 Å². The molecule has 1 saturated heterocycles. The van der Waals surface area contributed by atoms with Crippen LogP contribution in [0.15, 0.2) is 24.3 Å². The molecule has 1 aromatic carbocycles. The summed E-state index contributed by atoms with van der Waals surface area (Å²) in [6.45, 7) is 8.91. The van der Waals surface area contributed by atoms with Crippen LogP contribution in [0.25, 0.3) is 0 Å². The lowest BCUT2D eigenvalue weighted by Crippen LogP contribution is -2.56. The summed E-state index contributed by atoms with van der Waals surface area (Å²) in [5, 5.41) is 3.06. The molecule has 1 aliphatic heterocycles. The number of benzene rings is 1. The summed E-state index contributed by atoms with van der Waals surface area (Å²) < 4.78 is 0. The zero-order valence-electron chi connectivity index (χ0n) is 15.1. The van der Waals surface area contributed by atoms with Gasteiger partial charge in [-0.3, -0.25) is 9.59 Å². The SMILES string of the molecule is CCc1ccccc1N1CC(C(=O)NC(C)(CN)C(C)C)CC1=O. The first-order chi connectivity index (χ1) is 11.3. The Morgan fingerprint density at radius 3 is 2.67 bits per heavy atom. The average molecular weight is 331 g/mol. The lowest BCUT2D eigenvalue weighted by molar-refractivity contribution is -0.128. The maximum atomic E-state index is 12.7. The van der Waals surface area contributed by atoms with Crippen LogP contribution in [-0.4, -0.2) is 30.4 Å². The van der Waals surface area contributed by atoms with Crippen molar-refractivity contribution in [1.82, 2.24) is 5.32 Å². The molecule has 1 aliphatic rings. The van der Waals surface area contributed by atoms with E-state index in [1.54, 1.807) is 4.90 Å². The number of anilines is 1. The third-order valence-corrected chi connectivity index (χ3v) is 5.27. The number of aryl methyl sites for hydroxylation is 1. The summed E-state index contributed by atoms with van der Waals surface area (Å²) in [6.07, 6.45) is 1.11. The van der Waals surface area contributed by atoms with Crippen LogP contribution in [0.4, 0.5) is 5.69 Å². The average Bonchev–Trinajstić information content (AvgIpc) is 2.96. The minimum absolute atomic E-state index is 0.00930. The molecule has 0 radical (unpaired) electrons. The molecule has 1 aromatic rings. The molecule has 2 atom stereocenters. The third kappa shape index (κ3) is 3.61. The normalized spacial score (nSPS) is 20.3. The fourth-order valence-electron chi connectivity index (χ4n) is 3.00. The van der Waals surface area contributed by atoms with Gasteiger partial charge in [0.05, 0.1) is 11.5 Å². The van der Waals surface area contributed by atoms with Crippen LogP contribution in [-0.2, 0) is 16.0 Å². The van der Waals surface area contributed by atoms with Gasteiger partial charge < -0.3 is 16.0 Å². The molecule has 1 heterocycles. The number of nitrogens with one attached hydrogen (secondary N) is 1. The van der Waals surface area contributed by atoms with Crippen molar-refractivity contribution in [3.8, 4) is 0 Å². The van der Waals surface area contributed by atoms with Gasteiger partial charge in [0.25, 0.3) is 0 Å². The Morgan fingerprint density at radius 1 is 1.42 bits per heavy atom. The Morgan fingerprint density at radius 2 is 2.08 bits per heavy atom. The molecule has 132 valence electrons. The zero-order valence-corrected chi connectivity index (χ0v) is 15.1. The van der Waals surface area contributed by atoms with Crippen molar-refractivity contribution in [1.29, 1.82) is 0 Å². The molecular weight excluding hydrogens is 302 g/mol. The van der Waals surface area contributed by atoms with E-state index in [-0.39, 0.29) is 30.1 Å². The summed E-state index contributed by atoms with van der Waals surface area (Å²) in [6, 6.07) is 7.89. The Labute approximate surface area is 144 Å². The molecule has 2 rings (SSSR count). The molecule has 0 bridgehead atoms. The highest BCUT2D eigenvalue weighted by molar-refractivity contribution is 6.00. The first-order valence-corrected chi connectivity index (χ1v) is 8.72. The molecule has 2 amide bonds. The fourth-order valence-corrected chi connectivity index (χ4v) is 3.00. The van der Waals surface area contributed by atoms with Crippen molar-refractivity contribution in [3.63, 3.8) is 0 Å². The van der Waals surface area contributed by atoms with E-state index >= 15 is 0 Å². The van der Waals surface area contributed by atoms with Crippen LogP contribution in [0, 0.1) is 11.8 Å². The van der Waals surface area contributed by atoms with Gasteiger partial charge in [0, 0.05) is 25.2 Å². The molecule has 3 N–H and O–H groups in total. The summed E-state index contributed by atoms with van der Waals surface area (Å²) in [7, 11) is 0. The molecule has 0 saturated carbocycles. The van der Waals surface area contributed by atoms with E-state index in [0.29, 0.717) is 13.1 Å². The highest BCUT2D eigenvalue weighted by Crippen LogP contribution is 2.29. The number of amides is 2. The van der Waals surface area contributed by atoms with E-state index in [4.69, 9.17) is 5.73 Å². The minimum atomic E-state index is -0.450. The Kier molecular flexibility index (Phi) is 5.65. The Bertz CT molecular complexity index is 614. The molecular formula is C19H29N3O2. The quantitative estimate of drug-likeness (QED) is 0.838. The van der Waals surface area contributed by atoms with Gasteiger partial charge in [-0.2, -0.15) is 0 Å². The molecule has 5 heteroatoms. The van der Waals surface area contributed by atoms with Gasteiger partial charge in [0.15, 0.2) is 0 Å². The van der Waals surface area contributed by atoms with Crippen LogP contribution < -0.4 is 16.0 Å². The third-order valence-electron chi connectivity index (χ3n) is 5.27. The van der Waals surface area contributed by atoms with Crippen molar-refractivity contribution in [3.05, 3.63) is 29.8 Å². The lowest BCUT2D eigenvalue weighted by Gasteiger charge is -2.34. The maximum absolute atomic E-state index is 12.7. The van der Waals surface area contributed by atoms with E-state index < -0.39 is 5.54 Å². The second-order valence-electron chi connectivity index (χ2n) is 7.15. The van der Waals surface area contributed by atoms with Crippen LogP contribution >= 0.6 is 0 Å². The number of hydrogen-bond donors (Lipinski definition) is 2. The van der Waals surface area contributed by atoms with Crippen LogP contribution in [0.2, 0.25) is 0 Å². The first kappa shape index (κ1) is 18.5. The van der Waals surface area contributed by atoms with Gasteiger partial charge in [0.1, 0.15) is 0 Å². The van der Waals surface area contributed by atoms with Crippen molar-refractivity contribution in [2.45, 2.75) is 46.1 Å². The van der Waals surface area contributed by atoms with Gasteiger partial charge in [-0.15, -0.1) is 0 Å². The molecule has 0 spiro atoms. The summed E-state index contributed by atoms with van der Waals surface area (Å²) in [5.74, 6) is -0.177. The smallest absolute Gasteiger partial charge is 0.227 e. The second-order valence-corrected chi connectivity index (χ2v) is 7.15. The topological polar surface area (TPSA) is 75.4 Å². The van der Waals surface area contributed by atoms with Crippen molar-refractivity contribution >= 4 is 17.5 Å². The second kappa shape index (κ2) is 7.34. The Balaban J connectivity index is 2.13. The highest BCUT2D eigenvalue weighted by Gasteiger charge is 2.38. The predicted molar refractivity (Wildman–Crippen MR) is 96.7 cm³/mol. The van der Waals surface area contributed by atoms with E-state index in [2.05, 4.69) is 12.2 Å². The number of rotatable bonds is 6. The summed E-state index contributed by atoms with van der Waals surface area (Å²) in [4.78, 5) is 26.9. The Hall–Kier alpha value is -1.88. The molecule has 2 unspecified atom stereocenters. The molecule has 24 heavy (non-hydrogen) atoms. The highest BCUT2D eigenvalue weighted by atomic mass is 16.2. The van der Waals surface area contributed by atoms with Crippen molar-refractivity contribution in [2.75, 3.05) is 18.0 Å². The van der Waals surface area contributed by atoms with Gasteiger partial charge in [-0.1, -0.05) is 39.0 Å². The van der Waals surface area contributed by atoms with Gasteiger partial charge in [-0.25, -0.2) is 0 Å². The summed E-state index contributed by atoms with van der Waals surface area (Å²) >= 11 is 0. The first-order valence-electron chi connectivity index (χ1n) is 8.72. The van der Waals surface area contributed by atoms with Gasteiger partial charge >= 0.3 is 0 Å². The van der Waals surface area contributed by atoms with E-state index in [1.807, 2.05) is 45.0 Å². The van der Waals surface area contributed by atoms with Gasteiger partial charge in [-0.05, 0) is 30.9 Å². The van der Waals surface area contributed by atoms with Crippen molar-refractivity contribution < 1.29 is 9.59 Å². The van der Waals surface area contributed by atoms with E-state index in [0.717, 1.165) is 17.7 Å². The van der Waals surface area contributed by atoms with E-state index in [9.17, 15) is 9.59 Å². The van der Waals surface area contributed by atoms with E-state index in [1.165, 1.54) is 0 Å². The van der Waals surface area contributed by atoms with Crippen LogP contribution in [0.1, 0.15) is 39.7 Å². The lowest BCUT2D eigenvalue weighted by atomic mass is 9.87. The molecule has 1 fully saturated rings. The maximum Gasteiger partial charge on any atom is 0.227 e. The van der Waals surface area contributed by atoms with Crippen LogP contribution in [0.5, 0.6) is 0 Å².